The van der Waals surface area contributed by atoms with Crippen LogP contribution in [0.5, 0.6) is 0 Å². The number of anilines is 1. The van der Waals surface area contributed by atoms with Crippen molar-refractivity contribution < 1.29 is 9.59 Å². The number of benzene rings is 1. The molecule has 3 aromatic rings. The Hall–Kier alpha value is -3.54. The van der Waals surface area contributed by atoms with Crippen LogP contribution >= 0.6 is 0 Å². The zero-order valence-corrected chi connectivity index (χ0v) is 14.3. The third-order valence-electron chi connectivity index (χ3n) is 3.65. The van der Waals surface area contributed by atoms with Crippen molar-refractivity contribution in [2.75, 3.05) is 5.32 Å². The molecular formula is C20H18N4O2. The summed E-state index contributed by atoms with van der Waals surface area (Å²) in [5.41, 5.74) is 3.54. The number of pyridine rings is 2. The summed E-state index contributed by atoms with van der Waals surface area (Å²) < 4.78 is 0. The summed E-state index contributed by atoms with van der Waals surface area (Å²) in [5, 5.41) is 5.51. The largest absolute Gasteiger partial charge is 0.348 e. The lowest BCUT2D eigenvalue weighted by Gasteiger charge is -2.08. The first-order chi connectivity index (χ1) is 12.6. The highest BCUT2D eigenvalue weighted by atomic mass is 16.2. The minimum Gasteiger partial charge on any atom is -0.348 e. The van der Waals surface area contributed by atoms with Gasteiger partial charge in [0.15, 0.2) is 0 Å². The summed E-state index contributed by atoms with van der Waals surface area (Å²) in [7, 11) is 0. The van der Waals surface area contributed by atoms with Crippen LogP contribution in [0, 0.1) is 0 Å². The van der Waals surface area contributed by atoms with Gasteiger partial charge in [-0.2, -0.15) is 0 Å². The van der Waals surface area contributed by atoms with E-state index in [4.69, 9.17) is 0 Å². The number of amides is 2. The molecule has 0 atom stereocenters. The average molecular weight is 346 g/mol. The molecule has 2 N–H and O–H groups in total. The van der Waals surface area contributed by atoms with Crippen LogP contribution in [0.1, 0.15) is 22.8 Å². The number of hydrogen-bond acceptors (Lipinski definition) is 4. The van der Waals surface area contributed by atoms with Crippen molar-refractivity contribution in [3.63, 3.8) is 0 Å². The quantitative estimate of drug-likeness (QED) is 0.744. The van der Waals surface area contributed by atoms with Gasteiger partial charge in [-0.15, -0.1) is 0 Å². The molecule has 0 radical (unpaired) electrons. The Kier molecular flexibility index (Phi) is 5.34. The molecule has 0 aliphatic rings. The van der Waals surface area contributed by atoms with Crippen molar-refractivity contribution in [3.05, 3.63) is 78.1 Å². The van der Waals surface area contributed by atoms with Gasteiger partial charge in [-0.05, 0) is 42.0 Å². The van der Waals surface area contributed by atoms with E-state index >= 15 is 0 Å². The maximum atomic E-state index is 12.3. The number of carbonyl (C=O) groups excluding carboxylic acids is 2. The van der Waals surface area contributed by atoms with Gasteiger partial charge in [0, 0.05) is 37.1 Å². The molecular weight excluding hydrogens is 328 g/mol. The third kappa shape index (κ3) is 4.51. The SMILES string of the molecule is CC(=O)Nc1cccc(C(=O)NCc2ccc(-c3ccccn3)nc2)c1. The zero-order valence-electron chi connectivity index (χ0n) is 14.3. The molecule has 2 amide bonds. The van der Waals surface area contributed by atoms with Crippen molar-refractivity contribution in [1.29, 1.82) is 0 Å². The minimum absolute atomic E-state index is 0.179. The summed E-state index contributed by atoms with van der Waals surface area (Å²) >= 11 is 0. The zero-order chi connectivity index (χ0) is 18.4. The van der Waals surface area contributed by atoms with Gasteiger partial charge in [0.2, 0.25) is 5.91 Å². The molecule has 130 valence electrons. The third-order valence-corrected chi connectivity index (χ3v) is 3.65. The van der Waals surface area contributed by atoms with Crippen LogP contribution in [0.25, 0.3) is 11.4 Å². The molecule has 0 aliphatic heterocycles. The average Bonchev–Trinajstić information content (AvgIpc) is 2.67. The number of rotatable bonds is 5. The van der Waals surface area contributed by atoms with Crippen molar-refractivity contribution >= 4 is 17.5 Å². The fraction of sp³-hybridized carbons (Fsp3) is 0.100. The first kappa shape index (κ1) is 17.3. The second-order valence-corrected chi connectivity index (χ2v) is 5.71. The Morgan fingerprint density at radius 2 is 1.81 bits per heavy atom. The molecule has 0 fully saturated rings. The maximum Gasteiger partial charge on any atom is 0.251 e. The van der Waals surface area contributed by atoms with Gasteiger partial charge in [-0.1, -0.05) is 18.2 Å². The van der Waals surface area contributed by atoms with Crippen molar-refractivity contribution in [1.82, 2.24) is 15.3 Å². The van der Waals surface area contributed by atoms with E-state index in [-0.39, 0.29) is 11.8 Å². The predicted octanol–water partition coefficient (Wildman–Crippen LogP) is 3.03. The van der Waals surface area contributed by atoms with Crippen LogP contribution in [0.2, 0.25) is 0 Å². The standard InChI is InChI=1S/C20H18N4O2/c1-14(25)24-17-6-4-5-16(11-17)20(26)23-13-15-8-9-19(22-12-15)18-7-2-3-10-21-18/h2-12H,13H2,1H3,(H,23,26)(H,24,25). The fourth-order valence-electron chi connectivity index (χ4n) is 2.42. The molecule has 3 rings (SSSR count). The molecule has 0 aliphatic carbocycles. The highest BCUT2D eigenvalue weighted by molar-refractivity contribution is 5.96. The predicted molar refractivity (Wildman–Crippen MR) is 99.4 cm³/mol. The van der Waals surface area contributed by atoms with Crippen LogP contribution in [0.3, 0.4) is 0 Å². The first-order valence-electron chi connectivity index (χ1n) is 8.14. The van der Waals surface area contributed by atoms with Crippen LogP contribution in [-0.2, 0) is 11.3 Å². The maximum absolute atomic E-state index is 12.3. The smallest absolute Gasteiger partial charge is 0.251 e. The minimum atomic E-state index is -0.217. The fourth-order valence-corrected chi connectivity index (χ4v) is 2.42. The van der Waals surface area contributed by atoms with Crippen LogP contribution in [0.15, 0.2) is 67.0 Å². The Bertz CT molecular complexity index is 909. The van der Waals surface area contributed by atoms with E-state index in [9.17, 15) is 9.59 Å². The van der Waals surface area contributed by atoms with Gasteiger partial charge >= 0.3 is 0 Å². The van der Waals surface area contributed by atoms with Crippen LogP contribution in [0.4, 0.5) is 5.69 Å². The highest BCUT2D eigenvalue weighted by Gasteiger charge is 2.07. The second kappa shape index (κ2) is 8.02. The summed E-state index contributed by atoms with van der Waals surface area (Å²) in [6.07, 6.45) is 3.44. The number of hydrogen-bond donors (Lipinski definition) is 2. The van der Waals surface area contributed by atoms with E-state index in [0.717, 1.165) is 17.0 Å². The van der Waals surface area contributed by atoms with E-state index in [2.05, 4.69) is 20.6 Å². The van der Waals surface area contributed by atoms with Gasteiger partial charge in [0.25, 0.3) is 5.91 Å². The molecule has 26 heavy (non-hydrogen) atoms. The van der Waals surface area contributed by atoms with Gasteiger partial charge in [0.1, 0.15) is 0 Å². The molecule has 2 heterocycles. The van der Waals surface area contributed by atoms with E-state index in [1.54, 1.807) is 36.7 Å². The molecule has 0 unspecified atom stereocenters. The Morgan fingerprint density at radius 3 is 2.50 bits per heavy atom. The molecule has 1 aromatic carbocycles. The molecule has 0 saturated heterocycles. The Balaban J connectivity index is 1.62. The number of carbonyl (C=O) groups is 2. The van der Waals surface area contributed by atoms with Crippen molar-refractivity contribution in [2.45, 2.75) is 13.5 Å². The summed E-state index contributed by atoms with van der Waals surface area (Å²) in [6, 6.07) is 16.2. The van der Waals surface area contributed by atoms with E-state index in [1.807, 2.05) is 30.3 Å². The molecule has 0 bridgehead atoms. The summed E-state index contributed by atoms with van der Waals surface area (Å²) in [6.45, 7) is 1.78. The van der Waals surface area contributed by atoms with Gasteiger partial charge in [0.05, 0.1) is 11.4 Å². The van der Waals surface area contributed by atoms with Gasteiger partial charge in [-0.25, -0.2) is 0 Å². The van der Waals surface area contributed by atoms with E-state index in [0.29, 0.717) is 17.8 Å². The van der Waals surface area contributed by atoms with E-state index in [1.165, 1.54) is 6.92 Å². The lowest BCUT2D eigenvalue weighted by molar-refractivity contribution is -0.114. The number of aromatic nitrogens is 2. The molecule has 0 saturated carbocycles. The second-order valence-electron chi connectivity index (χ2n) is 5.71. The molecule has 2 aromatic heterocycles. The molecule has 6 heteroatoms. The molecule has 0 spiro atoms. The highest BCUT2D eigenvalue weighted by Crippen LogP contribution is 2.14. The van der Waals surface area contributed by atoms with Gasteiger partial charge < -0.3 is 10.6 Å². The Morgan fingerprint density at radius 1 is 0.962 bits per heavy atom. The lowest BCUT2D eigenvalue weighted by Crippen LogP contribution is -2.23. The van der Waals surface area contributed by atoms with Crippen LogP contribution in [-0.4, -0.2) is 21.8 Å². The number of nitrogens with zero attached hydrogens (tertiary/aromatic N) is 2. The normalized spacial score (nSPS) is 10.2. The summed E-state index contributed by atoms with van der Waals surface area (Å²) in [4.78, 5) is 32.0. The first-order valence-corrected chi connectivity index (χ1v) is 8.14. The monoisotopic (exact) mass is 346 g/mol. The summed E-state index contributed by atoms with van der Waals surface area (Å²) in [5.74, 6) is -0.396. The lowest BCUT2D eigenvalue weighted by atomic mass is 10.1. The molecule has 6 nitrogen and oxygen atoms in total. The Labute approximate surface area is 151 Å². The van der Waals surface area contributed by atoms with E-state index < -0.39 is 0 Å². The number of nitrogens with one attached hydrogen (secondary N) is 2. The van der Waals surface area contributed by atoms with Gasteiger partial charge in [-0.3, -0.25) is 19.6 Å². The van der Waals surface area contributed by atoms with Crippen LogP contribution < -0.4 is 10.6 Å². The van der Waals surface area contributed by atoms with Crippen molar-refractivity contribution in [2.24, 2.45) is 0 Å². The van der Waals surface area contributed by atoms with Crippen molar-refractivity contribution in [3.8, 4) is 11.4 Å². The topological polar surface area (TPSA) is 84.0 Å².